The Balaban J connectivity index is 1.77. The van der Waals surface area contributed by atoms with E-state index in [4.69, 9.17) is 16.3 Å². The Morgan fingerprint density at radius 1 is 1.12 bits per heavy atom. The maximum absolute atomic E-state index is 13.3. The number of amides is 1. The summed E-state index contributed by atoms with van der Waals surface area (Å²) in [5.41, 5.74) is 0.0342. The fraction of sp³-hybridized carbons (Fsp3) is 0.176. The molecule has 4 nitrogen and oxygen atoms in total. The standard InChI is InChI=1S/C17H12ClF2NO3/c18-13-8-15(20)14(19)7-12(13)17(23)24-11-3-1-2-9(6-11)16(22)21-10-4-5-10/h1-3,6-8,10H,4-5H2,(H,21,22). The van der Waals surface area contributed by atoms with Crippen molar-refractivity contribution < 1.29 is 23.1 Å². The topological polar surface area (TPSA) is 55.4 Å². The number of benzene rings is 2. The normalized spacial score (nSPS) is 13.5. The first-order valence-electron chi connectivity index (χ1n) is 7.21. The summed E-state index contributed by atoms with van der Waals surface area (Å²) in [5.74, 6) is -3.47. The summed E-state index contributed by atoms with van der Waals surface area (Å²) < 4.78 is 31.4. The van der Waals surface area contributed by atoms with Gasteiger partial charge in [-0.2, -0.15) is 0 Å². The lowest BCUT2D eigenvalue weighted by atomic mass is 10.2. The highest BCUT2D eigenvalue weighted by atomic mass is 35.5. The number of hydrogen-bond donors (Lipinski definition) is 1. The molecule has 1 aliphatic carbocycles. The van der Waals surface area contributed by atoms with Gasteiger partial charge in [0.2, 0.25) is 0 Å². The van der Waals surface area contributed by atoms with E-state index in [0.717, 1.165) is 12.8 Å². The van der Waals surface area contributed by atoms with Crippen molar-refractivity contribution in [3.05, 3.63) is 64.2 Å². The molecule has 0 saturated heterocycles. The van der Waals surface area contributed by atoms with Crippen LogP contribution in [0.5, 0.6) is 5.75 Å². The highest BCUT2D eigenvalue weighted by molar-refractivity contribution is 6.33. The minimum Gasteiger partial charge on any atom is -0.423 e. The predicted octanol–water partition coefficient (Wildman–Crippen LogP) is 3.73. The number of halogens is 3. The molecule has 0 radical (unpaired) electrons. The maximum atomic E-state index is 13.3. The first-order valence-corrected chi connectivity index (χ1v) is 7.59. The van der Waals surface area contributed by atoms with Crippen molar-refractivity contribution in [2.24, 2.45) is 0 Å². The van der Waals surface area contributed by atoms with Crippen molar-refractivity contribution in [2.75, 3.05) is 0 Å². The Morgan fingerprint density at radius 2 is 1.83 bits per heavy atom. The third-order valence-electron chi connectivity index (χ3n) is 3.45. The lowest BCUT2D eigenvalue weighted by Crippen LogP contribution is -2.25. The van der Waals surface area contributed by atoms with Crippen molar-refractivity contribution >= 4 is 23.5 Å². The quantitative estimate of drug-likeness (QED) is 0.519. The van der Waals surface area contributed by atoms with E-state index in [9.17, 15) is 18.4 Å². The summed E-state index contributed by atoms with van der Waals surface area (Å²) in [4.78, 5) is 24.0. The highest BCUT2D eigenvalue weighted by Crippen LogP contribution is 2.23. The number of esters is 1. The Kier molecular flexibility index (Phi) is 4.49. The summed E-state index contributed by atoms with van der Waals surface area (Å²) >= 11 is 5.74. The van der Waals surface area contributed by atoms with Gasteiger partial charge < -0.3 is 10.1 Å². The molecule has 0 spiro atoms. The fourth-order valence-electron chi connectivity index (χ4n) is 2.04. The zero-order valence-corrected chi connectivity index (χ0v) is 13.1. The van der Waals surface area contributed by atoms with Gasteiger partial charge in [-0.3, -0.25) is 4.79 Å². The molecule has 24 heavy (non-hydrogen) atoms. The van der Waals surface area contributed by atoms with Crippen LogP contribution in [0.25, 0.3) is 0 Å². The average Bonchev–Trinajstić information content (AvgIpc) is 3.35. The Morgan fingerprint density at radius 3 is 2.54 bits per heavy atom. The van der Waals surface area contributed by atoms with E-state index in [1.165, 1.54) is 12.1 Å². The number of nitrogens with one attached hydrogen (secondary N) is 1. The monoisotopic (exact) mass is 351 g/mol. The van der Waals surface area contributed by atoms with Crippen LogP contribution in [-0.4, -0.2) is 17.9 Å². The summed E-state index contributed by atoms with van der Waals surface area (Å²) in [6, 6.07) is 7.57. The van der Waals surface area contributed by atoms with Gasteiger partial charge in [-0.15, -0.1) is 0 Å². The first kappa shape index (κ1) is 16.4. The minimum atomic E-state index is -1.20. The lowest BCUT2D eigenvalue weighted by molar-refractivity contribution is 0.0733. The molecule has 1 fully saturated rings. The van der Waals surface area contributed by atoms with Crippen molar-refractivity contribution in [1.82, 2.24) is 5.32 Å². The van der Waals surface area contributed by atoms with Crippen LogP contribution in [0, 0.1) is 11.6 Å². The molecule has 7 heteroatoms. The van der Waals surface area contributed by atoms with Crippen LogP contribution in [0.2, 0.25) is 5.02 Å². The molecule has 0 bridgehead atoms. The molecule has 1 saturated carbocycles. The van der Waals surface area contributed by atoms with Crippen LogP contribution in [-0.2, 0) is 0 Å². The van der Waals surface area contributed by atoms with Gasteiger partial charge in [0.25, 0.3) is 5.91 Å². The summed E-state index contributed by atoms with van der Waals surface area (Å²) in [5, 5.41) is 2.55. The number of ether oxygens (including phenoxy) is 1. The van der Waals surface area contributed by atoms with Crippen molar-refractivity contribution in [3.8, 4) is 5.75 Å². The number of carbonyl (C=O) groups excluding carboxylic acids is 2. The second-order valence-electron chi connectivity index (χ2n) is 5.41. The molecule has 0 aliphatic heterocycles. The molecule has 1 amide bonds. The summed E-state index contributed by atoms with van der Waals surface area (Å²) in [6.45, 7) is 0. The van der Waals surface area contributed by atoms with Gasteiger partial charge in [-0.05, 0) is 43.2 Å². The van der Waals surface area contributed by atoms with E-state index in [1.54, 1.807) is 12.1 Å². The van der Waals surface area contributed by atoms with Gasteiger partial charge in [-0.1, -0.05) is 17.7 Å². The van der Waals surface area contributed by atoms with Gasteiger partial charge >= 0.3 is 5.97 Å². The molecule has 0 unspecified atom stereocenters. The molecule has 1 aliphatic rings. The zero-order valence-electron chi connectivity index (χ0n) is 12.3. The van der Waals surface area contributed by atoms with Crippen molar-refractivity contribution in [3.63, 3.8) is 0 Å². The number of hydrogen-bond acceptors (Lipinski definition) is 3. The molecule has 0 aromatic heterocycles. The van der Waals surface area contributed by atoms with E-state index in [1.807, 2.05) is 0 Å². The van der Waals surface area contributed by atoms with Crippen LogP contribution < -0.4 is 10.1 Å². The smallest absolute Gasteiger partial charge is 0.345 e. The van der Waals surface area contributed by atoms with E-state index in [0.29, 0.717) is 17.7 Å². The zero-order chi connectivity index (χ0) is 17.3. The molecule has 0 atom stereocenters. The fourth-order valence-corrected chi connectivity index (χ4v) is 2.27. The third-order valence-corrected chi connectivity index (χ3v) is 3.76. The largest absolute Gasteiger partial charge is 0.423 e. The molecule has 2 aromatic carbocycles. The minimum absolute atomic E-state index is 0.101. The summed E-state index contributed by atoms with van der Waals surface area (Å²) in [6.07, 6.45) is 1.91. The van der Waals surface area contributed by atoms with Gasteiger partial charge in [0.1, 0.15) is 5.75 Å². The van der Waals surface area contributed by atoms with Gasteiger partial charge in [0.15, 0.2) is 11.6 Å². The van der Waals surface area contributed by atoms with Crippen LogP contribution in [0.3, 0.4) is 0 Å². The third kappa shape index (κ3) is 3.71. The van der Waals surface area contributed by atoms with E-state index >= 15 is 0 Å². The highest BCUT2D eigenvalue weighted by Gasteiger charge is 2.24. The first-order chi connectivity index (χ1) is 11.4. The Bertz CT molecular complexity index is 821. The van der Waals surface area contributed by atoms with Gasteiger partial charge in [-0.25, -0.2) is 13.6 Å². The number of carbonyl (C=O) groups is 2. The molecular formula is C17H12ClF2NO3. The average molecular weight is 352 g/mol. The van der Waals surface area contributed by atoms with Crippen LogP contribution in [0.4, 0.5) is 8.78 Å². The molecule has 3 rings (SSSR count). The second kappa shape index (κ2) is 6.57. The van der Waals surface area contributed by atoms with Crippen LogP contribution in [0.15, 0.2) is 36.4 Å². The van der Waals surface area contributed by atoms with E-state index in [-0.39, 0.29) is 28.3 Å². The maximum Gasteiger partial charge on any atom is 0.345 e. The van der Waals surface area contributed by atoms with Gasteiger partial charge in [0, 0.05) is 11.6 Å². The van der Waals surface area contributed by atoms with E-state index in [2.05, 4.69) is 5.32 Å². The predicted molar refractivity (Wildman–Crippen MR) is 83.3 cm³/mol. The van der Waals surface area contributed by atoms with Crippen molar-refractivity contribution in [2.45, 2.75) is 18.9 Å². The van der Waals surface area contributed by atoms with Crippen LogP contribution >= 0.6 is 11.6 Å². The van der Waals surface area contributed by atoms with Gasteiger partial charge in [0.05, 0.1) is 10.6 Å². The Labute approximate surface area is 141 Å². The van der Waals surface area contributed by atoms with Crippen molar-refractivity contribution in [1.29, 1.82) is 0 Å². The van der Waals surface area contributed by atoms with Crippen LogP contribution in [0.1, 0.15) is 33.6 Å². The molecule has 0 heterocycles. The second-order valence-corrected chi connectivity index (χ2v) is 5.82. The summed E-state index contributed by atoms with van der Waals surface area (Å²) in [7, 11) is 0. The molecule has 1 N–H and O–H groups in total. The SMILES string of the molecule is O=C(NC1CC1)c1cccc(OC(=O)c2cc(F)c(F)cc2Cl)c1. The van der Waals surface area contributed by atoms with E-state index < -0.39 is 17.6 Å². The lowest BCUT2D eigenvalue weighted by Gasteiger charge is -2.08. The molecule has 124 valence electrons. The molecule has 2 aromatic rings. The Hall–Kier alpha value is -2.47. The molecular weight excluding hydrogens is 340 g/mol. The number of rotatable bonds is 4.